The normalized spacial score (nSPS) is 10.4. The quantitative estimate of drug-likeness (QED) is 0.364. The molecule has 0 unspecified atom stereocenters. The lowest BCUT2D eigenvalue weighted by Crippen LogP contribution is -2.34. The molecule has 0 rings (SSSR count). The lowest BCUT2D eigenvalue weighted by Gasteiger charge is -2.24. The van der Waals surface area contributed by atoms with Gasteiger partial charge in [-0.05, 0) is 40.1 Å². The van der Waals surface area contributed by atoms with Crippen molar-refractivity contribution in [3.63, 3.8) is 0 Å². The number of hydrogen-bond acceptors (Lipinski definition) is 2. The summed E-state index contributed by atoms with van der Waals surface area (Å²) >= 11 is 0. The van der Waals surface area contributed by atoms with Crippen LogP contribution in [0.2, 0.25) is 0 Å². The van der Waals surface area contributed by atoms with Crippen LogP contribution >= 0.6 is 0 Å². The third-order valence-electron chi connectivity index (χ3n) is 1.60. The molecule has 0 N–H and O–H groups in total. The van der Waals surface area contributed by atoms with Crippen molar-refractivity contribution in [1.29, 1.82) is 0 Å². The second-order valence-corrected chi connectivity index (χ2v) is 5.61. The van der Waals surface area contributed by atoms with Crippen LogP contribution in [0, 0.1) is 0 Å². The Bertz CT molecular complexity index is 312. The van der Waals surface area contributed by atoms with Gasteiger partial charge < -0.3 is 9.31 Å². The molecule has 0 aliphatic rings. The average Bonchev–Trinajstić information content (AvgIpc) is 2.34. The maximum absolute atomic E-state index is 5.74. The molecule has 122 valence electrons. The van der Waals surface area contributed by atoms with Crippen molar-refractivity contribution in [2.45, 2.75) is 60.5 Å². The minimum absolute atomic E-state index is 0.252. The maximum Gasteiger partial charge on any atom is 0.494 e. The molecule has 3 heteroatoms. The zero-order valence-corrected chi connectivity index (χ0v) is 15.5. The van der Waals surface area contributed by atoms with E-state index >= 15 is 0 Å². The molecule has 0 heterocycles. The van der Waals surface area contributed by atoms with E-state index in [1.54, 1.807) is 19.3 Å². The fourth-order valence-electron chi connectivity index (χ4n) is 1.08. The van der Waals surface area contributed by atoms with Crippen molar-refractivity contribution in [3.8, 4) is 0 Å². The molecule has 0 aromatic rings. The molecule has 0 radical (unpaired) electrons. The van der Waals surface area contributed by atoms with Gasteiger partial charge in [-0.25, -0.2) is 0 Å². The van der Waals surface area contributed by atoms with Crippen molar-refractivity contribution < 1.29 is 9.31 Å². The van der Waals surface area contributed by atoms with Crippen LogP contribution in [0.15, 0.2) is 49.0 Å². The van der Waals surface area contributed by atoms with Gasteiger partial charge in [-0.3, -0.25) is 0 Å². The Morgan fingerprint density at radius 2 is 1.57 bits per heavy atom. The molecule has 0 saturated carbocycles. The van der Waals surface area contributed by atoms with Gasteiger partial charge in [-0.15, -0.1) is 6.58 Å². The van der Waals surface area contributed by atoms with Crippen molar-refractivity contribution in [2.75, 3.05) is 7.11 Å². The monoisotopic (exact) mass is 294 g/mol. The molecular weight excluding hydrogens is 259 g/mol. The van der Waals surface area contributed by atoms with E-state index in [-0.39, 0.29) is 12.7 Å². The van der Waals surface area contributed by atoms with Crippen molar-refractivity contribution in [1.82, 2.24) is 0 Å². The number of rotatable bonds is 5. The highest BCUT2D eigenvalue weighted by Crippen LogP contribution is 2.15. The highest BCUT2D eigenvalue weighted by atomic mass is 16.6. The van der Waals surface area contributed by atoms with Crippen LogP contribution in [0.4, 0.5) is 0 Å². The highest BCUT2D eigenvalue weighted by molar-refractivity contribution is 6.54. The molecule has 0 saturated heterocycles. The Kier molecular flexibility index (Phi) is 18.2. The van der Waals surface area contributed by atoms with E-state index in [9.17, 15) is 0 Å². The summed E-state index contributed by atoms with van der Waals surface area (Å²) in [7, 11) is 1.23. The van der Waals surface area contributed by atoms with E-state index in [2.05, 4.69) is 33.6 Å². The zero-order valence-electron chi connectivity index (χ0n) is 15.5. The first-order chi connectivity index (χ1) is 9.63. The molecule has 0 bridgehead atoms. The largest absolute Gasteiger partial charge is 0.494 e. The molecule has 21 heavy (non-hydrogen) atoms. The van der Waals surface area contributed by atoms with Crippen LogP contribution < -0.4 is 0 Å². The van der Waals surface area contributed by atoms with E-state index in [4.69, 9.17) is 9.31 Å². The van der Waals surface area contributed by atoms with Gasteiger partial charge in [-0.2, -0.15) is 0 Å². The smallest absolute Gasteiger partial charge is 0.410 e. The molecule has 0 aliphatic carbocycles. The van der Waals surface area contributed by atoms with Crippen LogP contribution in [0.3, 0.4) is 0 Å². The predicted molar refractivity (Wildman–Crippen MR) is 98.5 cm³/mol. The van der Waals surface area contributed by atoms with Gasteiger partial charge in [0.05, 0.1) is 0 Å². The standard InChI is InChI=1S/C12H21BO2.C3H8.C3H6/c1-8-11(9-10(2)3)13(14-7)15-12(4,5)6;2*1-3-2/h8-9H,1-2H2,3-7H3;3H2,1-2H3;3H,1H2,2H3/b11-9+;;. The average molecular weight is 294 g/mol. The summed E-state index contributed by atoms with van der Waals surface area (Å²) in [6.45, 7) is 24.9. The third kappa shape index (κ3) is 21.4. The Hall–Kier alpha value is -1.06. The SMILES string of the molecule is C=C/C(=C\C(=C)C)B(OC)OC(C)(C)C.C=CC.CCC. The number of hydrogen-bond donors (Lipinski definition) is 0. The van der Waals surface area contributed by atoms with Gasteiger partial charge in [0.15, 0.2) is 0 Å². The Balaban J connectivity index is -0.000000460. The fourth-order valence-corrected chi connectivity index (χ4v) is 1.08. The summed E-state index contributed by atoms with van der Waals surface area (Å²) in [5.74, 6) is 0. The lowest BCUT2D eigenvalue weighted by atomic mass is 9.76. The minimum atomic E-state index is -0.390. The molecule has 0 amide bonds. The molecule has 0 aliphatic heterocycles. The first kappa shape index (κ1) is 24.9. The minimum Gasteiger partial charge on any atom is -0.410 e. The zero-order chi connectivity index (χ0) is 17.5. The van der Waals surface area contributed by atoms with E-state index < -0.39 is 0 Å². The van der Waals surface area contributed by atoms with Gasteiger partial charge in [-0.1, -0.05) is 57.2 Å². The van der Waals surface area contributed by atoms with Crippen LogP contribution in [0.1, 0.15) is 54.9 Å². The van der Waals surface area contributed by atoms with Gasteiger partial charge in [0.1, 0.15) is 0 Å². The molecule has 0 fully saturated rings. The molecule has 0 aromatic carbocycles. The highest BCUT2D eigenvalue weighted by Gasteiger charge is 2.26. The summed E-state index contributed by atoms with van der Waals surface area (Å²) in [5, 5.41) is 0. The maximum atomic E-state index is 5.74. The van der Waals surface area contributed by atoms with E-state index in [1.807, 2.05) is 40.7 Å². The van der Waals surface area contributed by atoms with E-state index in [0.717, 1.165) is 11.0 Å². The molecule has 0 aromatic heterocycles. The van der Waals surface area contributed by atoms with Gasteiger partial charge in [0, 0.05) is 12.7 Å². The third-order valence-corrected chi connectivity index (χ3v) is 1.60. The summed E-state index contributed by atoms with van der Waals surface area (Å²) in [6.07, 6.45) is 6.64. The summed E-state index contributed by atoms with van der Waals surface area (Å²) in [5.41, 5.74) is 1.59. The van der Waals surface area contributed by atoms with Crippen LogP contribution in [-0.2, 0) is 9.31 Å². The van der Waals surface area contributed by atoms with Crippen LogP contribution in [0.25, 0.3) is 0 Å². The fraction of sp³-hybridized carbons (Fsp3) is 0.556. The first-order valence-electron chi connectivity index (χ1n) is 7.40. The van der Waals surface area contributed by atoms with Gasteiger partial charge in [0.2, 0.25) is 0 Å². The van der Waals surface area contributed by atoms with Crippen molar-refractivity contribution >= 4 is 7.12 Å². The van der Waals surface area contributed by atoms with Crippen LogP contribution in [0.5, 0.6) is 0 Å². The molecule has 0 spiro atoms. The van der Waals surface area contributed by atoms with Crippen molar-refractivity contribution in [3.05, 3.63) is 49.0 Å². The molecule has 0 atom stereocenters. The second kappa shape index (κ2) is 15.3. The number of allylic oxidation sites excluding steroid dienone is 5. The Labute approximate surface area is 133 Å². The van der Waals surface area contributed by atoms with Gasteiger partial charge >= 0.3 is 7.12 Å². The van der Waals surface area contributed by atoms with E-state index in [1.165, 1.54) is 6.42 Å². The van der Waals surface area contributed by atoms with Crippen LogP contribution in [-0.4, -0.2) is 19.8 Å². The second-order valence-electron chi connectivity index (χ2n) is 5.61. The Morgan fingerprint density at radius 1 is 1.19 bits per heavy atom. The summed E-state index contributed by atoms with van der Waals surface area (Å²) in [6, 6.07) is 0. The summed E-state index contributed by atoms with van der Waals surface area (Å²) in [4.78, 5) is 0. The summed E-state index contributed by atoms with van der Waals surface area (Å²) < 4.78 is 11.0. The lowest BCUT2D eigenvalue weighted by molar-refractivity contribution is 0.0964. The molecule has 2 nitrogen and oxygen atoms in total. The predicted octanol–water partition coefficient (Wildman–Crippen LogP) is 5.77. The van der Waals surface area contributed by atoms with E-state index in [0.29, 0.717) is 0 Å². The molecular formula is C18H35BO2. The van der Waals surface area contributed by atoms with Crippen molar-refractivity contribution in [2.24, 2.45) is 0 Å². The van der Waals surface area contributed by atoms with Gasteiger partial charge in [0.25, 0.3) is 0 Å². The Morgan fingerprint density at radius 3 is 1.76 bits per heavy atom. The topological polar surface area (TPSA) is 18.5 Å². The first-order valence-corrected chi connectivity index (χ1v) is 7.40.